The second kappa shape index (κ2) is 13.7. The van der Waals surface area contributed by atoms with Crippen LogP contribution in [0.2, 0.25) is 0 Å². The summed E-state index contributed by atoms with van der Waals surface area (Å²) in [6, 6.07) is 11.1. The van der Waals surface area contributed by atoms with E-state index in [1.54, 1.807) is 17.0 Å². The topological polar surface area (TPSA) is 97.0 Å². The van der Waals surface area contributed by atoms with Crippen molar-refractivity contribution in [2.45, 2.75) is 32.9 Å². The number of hydrogen-bond acceptors (Lipinski definition) is 4. The zero-order valence-electron chi connectivity index (χ0n) is 22.2. The van der Waals surface area contributed by atoms with Crippen LogP contribution in [0.5, 0.6) is 0 Å². The molecule has 212 valence electrons. The number of nitrogens with zero attached hydrogens (tertiary/aromatic N) is 3. The average molecular weight is 549 g/mol. The van der Waals surface area contributed by atoms with Gasteiger partial charge in [0.25, 0.3) is 0 Å². The molecule has 9 nitrogen and oxygen atoms in total. The number of rotatable bonds is 9. The Labute approximate surface area is 226 Å². The molecule has 1 fully saturated rings. The molecule has 39 heavy (non-hydrogen) atoms. The first-order valence-electron chi connectivity index (χ1n) is 13.0. The Morgan fingerprint density at radius 3 is 2.21 bits per heavy atom. The summed E-state index contributed by atoms with van der Waals surface area (Å²) in [6.45, 7) is 6.77. The van der Waals surface area contributed by atoms with E-state index in [0.717, 1.165) is 30.7 Å². The van der Waals surface area contributed by atoms with Crippen molar-refractivity contribution in [3.8, 4) is 0 Å². The Morgan fingerprint density at radius 1 is 0.897 bits per heavy atom. The molecule has 0 radical (unpaired) electrons. The molecular weight excluding hydrogens is 513 g/mol. The highest BCUT2D eigenvalue weighted by molar-refractivity contribution is 5.94. The highest BCUT2D eigenvalue weighted by atomic mass is 19.4. The van der Waals surface area contributed by atoms with Crippen LogP contribution in [0.25, 0.3) is 0 Å². The molecule has 2 aromatic rings. The monoisotopic (exact) mass is 548 g/mol. The summed E-state index contributed by atoms with van der Waals surface area (Å²) >= 11 is 0. The predicted octanol–water partition coefficient (Wildman–Crippen LogP) is 4.83. The van der Waals surface area contributed by atoms with E-state index in [9.17, 15) is 27.6 Å². The number of urea groups is 2. The third-order valence-electron chi connectivity index (χ3n) is 6.17. The van der Waals surface area contributed by atoms with Gasteiger partial charge in [0.1, 0.15) is 6.54 Å². The van der Waals surface area contributed by atoms with Gasteiger partial charge in [0.05, 0.1) is 5.56 Å². The first-order chi connectivity index (χ1) is 18.6. The molecule has 0 saturated carbocycles. The molecule has 5 amide bonds. The van der Waals surface area contributed by atoms with Gasteiger partial charge in [0.15, 0.2) is 0 Å². The third-order valence-corrected chi connectivity index (χ3v) is 6.17. The van der Waals surface area contributed by atoms with Crippen LogP contribution < -0.4 is 20.9 Å². The molecule has 3 rings (SSSR count). The summed E-state index contributed by atoms with van der Waals surface area (Å²) in [4.78, 5) is 42.5. The smallest absolute Gasteiger partial charge is 0.368 e. The van der Waals surface area contributed by atoms with Gasteiger partial charge in [-0.05, 0) is 55.3 Å². The quantitative estimate of drug-likeness (QED) is 0.418. The number of hydrogen-bond donors (Lipinski definition) is 3. The van der Waals surface area contributed by atoms with Gasteiger partial charge < -0.3 is 30.7 Å². The zero-order valence-corrected chi connectivity index (χ0v) is 22.2. The van der Waals surface area contributed by atoms with Gasteiger partial charge >= 0.3 is 18.2 Å². The molecule has 1 heterocycles. The first kappa shape index (κ1) is 29.6. The van der Waals surface area contributed by atoms with E-state index in [1.165, 1.54) is 17.0 Å². The number of benzene rings is 2. The van der Waals surface area contributed by atoms with Crippen molar-refractivity contribution in [3.05, 3.63) is 54.1 Å². The van der Waals surface area contributed by atoms with Crippen molar-refractivity contribution >= 4 is 35.0 Å². The number of piperazine rings is 1. The average Bonchev–Trinajstić information content (AvgIpc) is 2.91. The maximum atomic E-state index is 12.9. The fourth-order valence-electron chi connectivity index (χ4n) is 4.14. The van der Waals surface area contributed by atoms with Crippen LogP contribution in [0.15, 0.2) is 48.5 Å². The molecular formula is C27H35F3N6O3. The van der Waals surface area contributed by atoms with Crippen LogP contribution in [-0.2, 0) is 11.0 Å². The maximum absolute atomic E-state index is 12.9. The molecule has 0 atom stereocenters. The minimum Gasteiger partial charge on any atom is -0.368 e. The molecule has 2 aromatic carbocycles. The Balaban J connectivity index is 1.48. The first-order valence-corrected chi connectivity index (χ1v) is 13.0. The molecule has 12 heteroatoms. The number of carbonyl (C=O) groups is 3. The van der Waals surface area contributed by atoms with Crippen molar-refractivity contribution in [2.75, 3.05) is 61.3 Å². The van der Waals surface area contributed by atoms with E-state index in [2.05, 4.69) is 20.9 Å². The van der Waals surface area contributed by atoms with E-state index < -0.39 is 17.8 Å². The minimum atomic E-state index is -4.48. The molecule has 0 bridgehead atoms. The van der Waals surface area contributed by atoms with Crippen molar-refractivity contribution < 1.29 is 27.6 Å². The number of alkyl halides is 3. The van der Waals surface area contributed by atoms with Crippen molar-refractivity contribution in [2.24, 2.45) is 0 Å². The fourth-order valence-corrected chi connectivity index (χ4v) is 4.14. The van der Waals surface area contributed by atoms with Crippen LogP contribution in [0.1, 0.15) is 32.3 Å². The van der Waals surface area contributed by atoms with Crippen LogP contribution >= 0.6 is 0 Å². The third kappa shape index (κ3) is 8.79. The lowest BCUT2D eigenvalue weighted by Gasteiger charge is -2.36. The van der Waals surface area contributed by atoms with Crippen LogP contribution in [-0.4, -0.2) is 73.6 Å². The van der Waals surface area contributed by atoms with Crippen molar-refractivity contribution in [3.63, 3.8) is 0 Å². The van der Waals surface area contributed by atoms with Gasteiger partial charge in [-0.25, -0.2) is 9.59 Å². The van der Waals surface area contributed by atoms with E-state index in [4.69, 9.17) is 0 Å². The molecule has 0 spiro atoms. The Hall–Kier alpha value is -3.96. The van der Waals surface area contributed by atoms with Crippen molar-refractivity contribution in [1.29, 1.82) is 0 Å². The molecule has 1 aliphatic heterocycles. The SMILES string of the molecule is CCCNC(=O)N(CCC)CC(=O)Nc1ccc(N2CCN(C(=O)Nc3cccc(C(F)(F)F)c3)CC2)cc1. The zero-order chi connectivity index (χ0) is 28.4. The van der Waals surface area contributed by atoms with Crippen LogP contribution in [0.4, 0.5) is 39.8 Å². The van der Waals surface area contributed by atoms with Gasteiger partial charge in [-0.3, -0.25) is 4.79 Å². The second-order valence-electron chi connectivity index (χ2n) is 9.23. The van der Waals surface area contributed by atoms with E-state index in [0.29, 0.717) is 45.0 Å². The standard InChI is InChI=1S/C27H35F3N6O3/c1-3-12-31-25(38)36(13-4-2)19-24(37)32-21-8-10-23(11-9-21)34-14-16-35(17-15-34)26(39)33-22-7-5-6-20(18-22)27(28,29)30/h5-11,18H,3-4,12-17,19H2,1-2H3,(H,31,38)(H,32,37)(H,33,39). The summed E-state index contributed by atoms with van der Waals surface area (Å²) in [7, 11) is 0. The van der Waals surface area contributed by atoms with E-state index in [1.807, 2.05) is 26.0 Å². The van der Waals surface area contributed by atoms with Gasteiger partial charge in [-0.2, -0.15) is 13.2 Å². The van der Waals surface area contributed by atoms with Gasteiger partial charge in [-0.1, -0.05) is 19.9 Å². The van der Waals surface area contributed by atoms with Gasteiger partial charge in [0.2, 0.25) is 5.91 Å². The highest BCUT2D eigenvalue weighted by Crippen LogP contribution is 2.30. The normalized spacial score (nSPS) is 13.6. The fraction of sp³-hybridized carbons (Fsp3) is 0.444. The summed E-state index contributed by atoms with van der Waals surface area (Å²) < 4.78 is 38.8. The molecule has 0 unspecified atom stereocenters. The number of halogens is 3. The predicted molar refractivity (Wildman–Crippen MR) is 145 cm³/mol. The summed E-state index contributed by atoms with van der Waals surface area (Å²) in [5.41, 5.74) is 0.792. The lowest BCUT2D eigenvalue weighted by Crippen LogP contribution is -2.50. The highest BCUT2D eigenvalue weighted by Gasteiger charge is 2.31. The number of nitrogens with one attached hydrogen (secondary N) is 3. The Bertz CT molecular complexity index is 1120. The second-order valence-corrected chi connectivity index (χ2v) is 9.23. The summed E-state index contributed by atoms with van der Waals surface area (Å²) in [5.74, 6) is -0.289. The minimum absolute atomic E-state index is 0.0460. The molecule has 1 saturated heterocycles. The molecule has 3 N–H and O–H groups in total. The van der Waals surface area contributed by atoms with Gasteiger partial charge in [0, 0.05) is 56.3 Å². The summed E-state index contributed by atoms with van der Waals surface area (Å²) in [5, 5.41) is 8.15. The number of anilines is 3. The van der Waals surface area contributed by atoms with Gasteiger partial charge in [-0.15, -0.1) is 0 Å². The van der Waals surface area contributed by atoms with E-state index in [-0.39, 0.29) is 24.2 Å². The summed E-state index contributed by atoms with van der Waals surface area (Å²) in [6.07, 6.45) is -2.93. The van der Waals surface area contributed by atoms with Crippen LogP contribution in [0.3, 0.4) is 0 Å². The molecule has 0 aliphatic carbocycles. The lowest BCUT2D eigenvalue weighted by molar-refractivity contribution is -0.137. The number of carbonyl (C=O) groups excluding carboxylic acids is 3. The molecule has 1 aliphatic rings. The molecule has 0 aromatic heterocycles. The Kier molecular flexibility index (Phi) is 10.4. The maximum Gasteiger partial charge on any atom is 0.416 e. The van der Waals surface area contributed by atoms with Crippen molar-refractivity contribution in [1.82, 2.24) is 15.1 Å². The van der Waals surface area contributed by atoms with E-state index >= 15 is 0 Å². The van der Waals surface area contributed by atoms with Crippen LogP contribution in [0, 0.1) is 0 Å². The number of amides is 5. The lowest BCUT2D eigenvalue weighted by atomic mass is 10.2. The Morgan fingerprint density at radius 2 is 1.59 bits per heavy atom. The largest absolute Gasteiger partial charge is 0.416 e.